The molecule has 1 aliphatic carbocycles. The number of halogens is 1. The minimum absolute atomic E-state index is 0.253. The largest absolute Gasteiger partial charge is 0.465 e. The van der Waals surface area contributed by atoms with Crippen molar-refractivity contribution in [2.45, 2.75) is 52.5 Å². The van der Waals surface area contributed by atoms with Crippen molar-refractivity contribution in [3.63, 3.8) is 0 Å². The van der Waals surface area contributed by atoms with Gasteiger partial charge in [-0.2, -0.15) is 0 Å². The van der Waals surface area contributed by atoms with Gasteiger partial charge in [0.2, 0.25) is 0 Å². The first-order valence-corrected chi connectivity index (χ1v) is 9.11. The lowest BCUT2D eigenvalue weighted by Gasteiger charge is -2.40. The second kappa shape index (κ2) is 6.75. The van der Waals surface area contributed by atoms with Gasteiger partial charge in [-0.1, -0.05) is 52.0 Å². The molecule has 0 unspecified atom stereocenters. The molecular formula is C22H26FNO2. The van der Waals surface area contributed by atoms with Crippen LogP contribution in [0.4, 0.5) is 9.18 Å². The topological polar surface area (TPSA) is 49.3 Å². The van der Waals surface area contributed by atoms with Crippen LogP contribution in [0.3, 0.4) is 0 Å². The SMILES string of the molecule is CC(C)c1cccc(-c2cc3c(cc2F)[C@H](NC(=O)O)C(C)(C)CC3)c1. The molecule has 0 aliphatic heterocycles. The Hall–Kier alpha value is -2.36. The van der Waals surface area contributed by atoms with Gasteiger partial charge in [-0.15, -0.1) is 0 Å². The molecule has 1 aliphatic rings. The fourth-order valence-corrected chi connectivity index (χ4v) is 3.82. The highest BCUT2D eigenvalue weighted by atomic mass is 19.1. The van der Waals surface area contributed by atoms with Crippen LogP contribution in [-0.4, -0.2) is 11.2 Å². The summed E-state index contributed by atoms with van der Waals surface area (Å²) < 4.78 is 15.0. The van der Waals surface area contributed by atoms with Gasteiger partial charge in [0.15, 0.2) is 0 Å². The predicted molar refractivity (Wildman–Crippen MR) is 102 cm³/mol. The van der Waals surface area contributed by atoms with Gasteiger partial charge >= 0.3 is 6.09 Å². The molecule has 0 saturated carbocycles. The smallest absolute Gasteiger partial charge is 0.405 e. The molecule has 1 amide bonds. The normalized spacial score (nSPS) is 18.5. The second-order valence-corrected chi connectivity index (χ2v) is 8.18. The number of aryl methyl sites for hydroxylation is 1. The zero-order valence-electron chi connectivity index (χ0n) is 15.8. The average molecular weight is 355 g/mol. The van der Waals surface area contributed by atoms with Crippen LogP contribution in [0.2, 0.25) is 0 Å². The van der Waals surface area contributed by atoms with E-state index in [1.54, 1.807) is 0 Å². The van der Waals surface area contributed by atoms with Gasteiger partial charge in [-0.3, -0.25) is 0 Å². The molecule has 0 fully saturated rings. The van der Waals surface area contributed by atoms with Gasteiger partial charge in [0.05, 0.1) is 6.04 Å². The first kappa shape index (κ1) is 18.4. The molecule has 3 nitrogen and oxygen atoms in total. The highest BCUT2D eigenvalue weighted by molar-refractivity contribution is 5.69. The maximum Gasteiger partial charge on any atom is 0.405 e. The van der Waals surface area contributed by atoms with E-state index in [9.17, 15) is 14.3 Å². The molecule has 2 aromatic rings. The fraction of sp³-hybridized carbons (Fsp3) is 0.409. The quantitative estimate of drug-likeness (QED) is 0.720. The lowest BCUT2D eigenvalue weighted by atomic mass is 9.70. The zero-order chi connectivity index (χ0) is 19.1. The summed E-state index contributed by atoms with van der Waals surface area (Å²) in [5.74, 6) is 0.0696. The average Bonchev–Trinajstić information content (AvgIpc) is 2.57. The van der Waals surface area contributed by atoms with E-state index in [0.29, 0.717) is 11.5 Å². The van der Waals surface area contributed by atoms with Crippen LogP contribution < -0.4 is 5.32 Å². The number of rotatable bonds is 3. The summed E-state index contributed by atoms with van der Waals surface area (Å²) in [6.45, 7) is 8.28. The summed E-state index contributed by atoms with van der Waals surface area (Å²) in [7, 11) is 0. The van der Waals surface area contributed by atoms with Crippen molar-refractivity contribution < 1.29 is 14.3 Å². The Balaban J connectivity index is 2.08. The molecule has 3 rings (SSSR count). The number of hydrogen-bond donors (Lipinski definition) is 2. The summed E-state index contributed by atoms with van der Waals surface area (Å²) in [6.07, 6.45) is 0.587. The van der Waals surface area contributed by atoms with Crippen molar-refractivity contribution >= 4 is 6.09 Å². The van der Waals surface area contributed by atoms with Crippen molar-refractivity contribution in [1.82, 2.24) is 5.32 Å². The molecule has 0 saturated heterocycles. The Kier molecular flexibility index (Phi) is 4.78. The van der Waals surface area contributed by atoms with E-state index >= 15 is 0 Å². The summed E-state index contributed by atoms with van der Waals surface area (Å²) in [5, 5.41) is 11.8. The highest BCUT2D eigenvalue weighted by Crippen LogP contribution is 2.45. The molecule has 0 radical (unpaired) electrons. The summed E-state index contributed by atoms with van der Waals surface area (Å²) in [6, 6.07) is 11.0. The lowest BCUT2D eigenvalue weighted by Crippen LogP contribution is -2.40. The lowest BCUT2D eigenvalue weighted by molar-refractivity contribution is 0.161. The van der Waals surface area contributed by atoms with Crippen molar-refractivity contribution in [2.24, 2.45) is 5.41 Å². The monoisotopic (exact) mass is 355 g/mol. The Morgan fingerprint density at radius 3 is 2.65 bits per heavy atom. The predicted octanol–water partition coefficient (Wildman–Crippen LogP) is 5.90. The van der Waals surface area contributed by atoms with Crippen LogP contribution in [0.25, 0.3) is 11.1 Å². The fourth-order valence-electron chi connectivity index (χ4n) is 3.82. The van der Waals surface area contributed by atoms with Gasteiger partial charge in [0.25, 0.3) is 0 Å². The molecule has 4 heteroatoms. The number of benzene rings is 2. The molecule has 0 spiro atoms. The second-order valence-electron chi connectivity index (χ2n) is 8.18. The Morgan fingerprint density at radius 1 is 1.27 bits per heavy atom. The molecule has 26 heavy (non-hydrogen) atoms. The van der Waals surface area contributed by atoms with E-state index in [0.717, 1.165) is 29.5 Å². The molecule has 0 bridgehead atoms. The van der Waals surface area contributed by atoms with E-state index in [-0.39, 0.29) is 11.2 Å². The third-order valence-corrected chi connectivity index (χ3v) is 5.49. The van der Waals surface area contributed by atoms with Crippen LogP contribution in [0.5, 0.6) is 0 Å². The number of amides is 1. The molecule has 0 heterocycles. The summed E-state index contributed by atoms with van der Waals surface area (Å²) >= 11 is 0. The maximum absolute atomic E-state index is 15.0. The van der Waals surface area contributed by atoms with Gasteiger partial charge in [0.1, 0.15) is 5.82 Å². The Morgan fingerprint density at radius 2 is 2.00 bits per heavy atom. The Bertz CT molecular complexity index is 842. The molecule has 0 aromatic heterocycles. The van der Waals surface area contributed by atoms with Crippen molar-refractivity contribution in [3.8, 4) is 11.1 Å². The summed E-state index contributed by atoms with van der Waals surface area (Å²) in [4.78, 5) is 11.2. The number of hydrogen-bond acceptors (Lipinski definition) is 1. The van der Waals surface area contributed by atoms with Crippen molar-refractivity contribution in [3.05, 3.63) is 58.9 Å². The van der Waals surface area contributed by atoms with E-state index in [2.05, 4.69) is 25.2 Å². The number of fused-ring (bicyclic) bond motifs is 1. The van der Waals surface area contributed by atoms with Crippen molar-refractivity contribution in [2.75, 3.05) is 0 Å². The molecule has 138 valence electrons. The van der Waals surface area contributed by atoms with Gasteiger partial charge in [-0.05, 0) is 58.6 Å². The number of carbonyl (C=O) groups is 1. The number of nitrogens with one attached hydrogen (secondary N) is 1. The first-order chi connectivity index (χ1) is 12.2. The Labute approximate surface area is 154 Å². The van der Waals surface area contributed by atoms with E-state index in [1.165, 1.54) is 11.6 Å². The molecule has 1 atom stereocenters. The zero-order valence-corrected chi connectivity index (χ0v) is 15.8. The van der Waals surface area contributed by atoms with Crippen LogP contribution in [0.1, 0.15) is 62.8 Å². The van der Waals surface area contributed by atoms with E-state index < -0.39 is 12.1 Å². The molecular weight excluding hydrogens is 329 g/mol. The number of carboxylic acid groups (broad SMARTS) is 1. The van der Waals surface area contributed by atoms with E-state index in [1.807, 2.05) is 38.1 Å². The van der Waals surface area contributed by atoms with Gasteiger partial charge in [0, 0.05) is 5.56 Å². The standard InChI is InChI=1S/C22H26FNO2/c1-13(2)14-6-5-7-15(10-14)17-11-16-8-9-22(3,4)20(24-21(25)26)18(16)12-19(17)23/h5-7,10-13,20,24H,8-9H2,1-4H3,(H,25,26)/t20-/m0/s1. The van der Waals surface area contributed by atoms with Gasteiger partial charge < -0.3 is 10.4 Å². The van der Waals surface area contributed by atoms with Crippen molar-refractivity contribution in [1.29, 1.82) is 0 Å². The summed E-state index contributed by atoms with van der Waals surface area (Å²) in [5.41, 5.74) is 4.14. The van der Waals surface area contributed by atoms with Gasteiger partial charge in [-0.25, -0.2) is 9.18 Å². The molecule has 2 aromatic carbocycles. The first-order valence-electron chi connectivity index (χ1n) is 9.11. The van der Waals surface area contributed by atoms with Crippen LogP contribution in [0, 0.1) is 11.2 Å². The minimum atomic E-state index is -1.08. The maximum atomic E-state index is 15.0. The third-order valence-electron chi connectivity index (χ3n) is 5.49. The third kappa shape index (κ3) is 3.46. The van der Waals surface area contributed by atoms with Crippen LogP contribution in [0.15, 0.2) is 36.4 Å². The van der Waals surface area contributed by atoms with E-state index in [4.69, 9.17) is 0 Å². The van der Waals surface area contributed by atoms with Crippen LogP contribution in [-0.2, 0) is 6.42 Å². The molecule has 2 N–H and O–H groups in total. The minimum Gasteiger partial charge on any atom is -0.465 e. The highest BCUT2D eigenvalue weighted by Gasteiger charge is 2.37. The van der Waals surface area contributed by atoms with Crippen LogP contribution >= 0.6 is 0 Å².